The number of benzene rings is 8. The molecule has 4 nitrogen and oxygen atoms in total. The van der Waals surface area contributed by atoms with Crippen LogP contribution in [0.15, 0.2) is 188 Å². The van der Waals surface area contributed by atoms with Crippen molar-refractivity contribution in [1.29, 1.82) is 0 Å². The standard InChI is InChI=1S/C49H31N3O/c1-4-11-32(12-5-1)33-19-23-37(24-20-33)48-50-47(36-15-8-3-9-16-36)51-49(52-48)38-25-21-34(22-26-38)39-27-28-41-43-18-10-17-42-40(35-13-6-2-7-14-35)29-30-44(46(42)43)53-45(41)31-39/h1-31H. The van der Waals surface area contributed by atoms with E-state index in [4.69, 9.17) is 19.7 Å². The summed E-state index contributed by atoms with van der Waals surface area (Å²) in [7, 11) is 0. The molecular formula is C49H31N3O. The lowest BCUT2D eigenvalue weighted by Crippen LogP contribution is -2.00. The van der Waals surface area contributed by atoms with E-state index in [1.807, 2.05) is 36.4 Å². The molecule has 0 bridgehead atoms. The van der Waals surface area contributed by atoms with Crippen LogP contribution in [0.3, 0.4) is 0 Å². The quantitative estimate of drug-likeness (QED) is 0.176. The van der Waals surface area contributed by atoms with Crippen LogP contribution >= 0.6 is 0 Å². The molecule has 53 heavy (non-hydrogen) atoms. The number of nitrogens with zero attached hydrogens (tertiary/aromatic N) is 3. The molecule has 0 spiro atoms. The summed E-state index contributed by atoms with van der Waals surface area (Å²) in [5.41, 5.74) is 12.0. The second kappa shape index (κ2) is 12.9. The van der Waals surface area contributed by atoms with Crippen LogP contribution in [0.25, 0.3) is 89.4 Å². The summed E-state index contributed by atoms with van der Waals surface area (Å²) in [6.45, 7) is 0. The summed E-state index contributed by atoms with van der Waals surface area (Å²) in [5, 5.41) is 2.34. The van der Waals surface area contributed by atoms with Crippen molar-refractivity contribution in [2.24, 2.45) is 0 Å². The lowest BCUT2D eigenvalue weighted by atomic mass is 9.89. The van der Waals surface area contributed by atoms with Crippen molar-refractivity contribution >= 4 is 10.8 Å². The minimum absolute atomic E-state index is 0.626. The number of fused-ring (bicyclic) bond motifs is 2. The topological polar surface area (TPSA) is 47.9 Å². The third-order valence-corrected chi connectivity index (χ3v) is 9.97. The first-order chi connectivity index (χ1) is 26.2. The van der Waals surface area contributed by atoms with E-state index >= 15 is 0 Å². The molecule has 0 radical (unpaired) electrons. The van der Waals surface area contributed by atoms with Crippen LogP contribution in [0.1, 0.15) is 0 Å². The molecule has 0 saturated heterocycles. The molecule has 4 heteroatoms. The minimum atomic E-state index is 0.626. The van der Waals surface area contributed by atoms with Crippen LogP contribution in [-0.2, 0) is 0 Å². The van der Waals surface area contributed by atoms with E-state index in [1.165, 1.54) is 27.6 Å². The first kappa shape index (κ1) is 30.6. The van der Waals surface area contributed by atoms with Gasteiger partial charge in [0.15, 0.2) is 17.5 Å². The molecule has 0 unspecified atom stereocenters. The summed E-state index contributed by atoms with van der Waals surface area (Å²) >= 11 is 0. The predicted octanol–water partition coefficient (Wildman–Crippen LogP) is 12.8. The van der Waals surface area contributed by atoms with E-state index in [0.29, 0.717) is 17.5 Å². The Morgan fingerprint density at radius 1 is 0.283 bits per heavy atom. The summed E-state index contributed by atoms with van der Waals surface area (Å²) in [6.07, 6.45) is 0. The second-order valence-electron chi connectivity index (χ2n) is 13.2. The van der Waals surface area contributed by atoms with Gasteiger partial charge in [0.25, 0.3) is 0 Å². The van der Waals surface area contributed by atoms with Crippen LogP contribution in [0.4, 0.5) is 0 Å². The largest absolute Gasteiger partial charge is 0.456 e. The smallest absolute Gasteiger partial charge is 0.164 e. The van der Waals surface area contributed by atoms with Gasteiger partial charge in [-0.15, -0.1) is 0 Å². The number of ether oxygens (including phenoxy) is 1. The van der Waals surface area contributed by atoms with Gasteiger partial charge >= 0.3 is 0 Å². The van der Waals surface area contributed by atoms with E-state index in [2.05, 4.69) is 152 Å². The van der Waals surface area contributed by atoms with Crippen LogP contribution in [-0.4, -0.2) is 15.0 Å². The Kier molecular flexibility index (Phi) is 7.43. The van der Waals surface area contributed by atoms with Crippen LogP contribution in [0.2, 0.25) is 0 Å². The van der Waals surface area contributed by atoms with Gasteiger partial charge in [-0.05, 0) is 62.5 Å². The highest BCUT2D eigenvalue weighted by Crippen LogP contribution is 2.49. The molecule has 9 aromatic rings. The van der Waals surface area contributed by atoms with Crippen LogP contribution in [0, 0.1) is 0 Å². The van der Waals surface area contributed by atoms with Gasteiger partial charge in [0.1, 0.15) is 11.5 Å². The van der Waals surface area contributed by atoms with Gasteiger partial charge in [0.2, 0.25) is 0 Å². The summed E-state index contributed by atoms with van der Waals surface area (Å²) in [5.74, 6) is 3.63. The highest BCUT2D eigenvalue weighted by molar-refractivity contribution is 6.10. The van der Waals surface area contributed by atoms with Crippen molar-refractivity contribution in [3.8, 4) is 90.2 Å². The van der Waals surface area contributed by atoms with Gasteiger partial charge in [-0.3, -0.25) is 0 Å². The fourth-order valence-electron chi connectivity index (χ4n) is 7.29. The third-order valence-electron chi connectivity index (χ3n) is 9.97. The molecule has 0 atom stereocenters. The molecule has 0 fully saturated rings. The lowest BCUT2D eigenvalue weighted by Gasteiger charge is -2.23. The van der Waals surface area contributed by atoms with Crippen LogP contribution < -0.4 is 4.74 Å². The third kappa shape index (κ3) is 5.63. The Labute approximate surface area is 307 Å². The number of hydrogen-bond donors (Lipinski definition) is 0. The van der Waals surface area contributed by atoms with Gasteiger partial charge in [-0.25, -0.2) is 15.0 Å². The maximum absolute atomic E-state index is 6.61. The van der Waals surface area contributed by atoms with Gasteiger partial charge in [-0.1, -0.05) is 170 Å². The van der Waals surface area contributed by atoms with Crippen molar-refractivity contribution in [1.82, 2.24) is 15.0 Å². The monoisotopic (exact) mass is 677 g/mol. The fraction of sp³-hybridized carbons (Fsp3) is 0. The van der Waals surface area contributed by atoms with Crippen molar-refractivity contribution in [3.63, 3.8) is 0 Å². The molecular weight excluding hydrogens is 647 g/mol. The van der Waals surface area contributed by atoms with Crippen molar-refractivity contribution in [2.75, 3.05) is 0 Å². The molecule has 0 aliphatic carbocycles. The van der Waals surface area contributed by atoms with Gasteiger partial charge in [-0.2, -0.15) is 0 Å². The molecule has 248 valence electrons. The molecule has 1 aromatic heterocycles. The Morgan fingerprint density at radius 3 is 1.34 bits per heavy atom. The minimum Gasteiger partial charge on any atom is -0.456 e. The highest BCUT2D eigenvalue weighted by atomic mass is 16.5. The van der Waals surface area contributed by atoms with Gasteiger partial charge in [0.05, 0.1) is 0 Å². The molecule has 2 heterocycles. The molecule has 1 aliphatic rings. The predicted molar refractivity (Wildman–Crippen MR) is 215 cm³/mol. The molecule has 8 aromatic carbocycles. The maximum Gasteiger partial charge on any atom is 0.164 e. The van der Waals surface area contributed by atoms with Crippen molar-refractivity contribution < 1.29 is 4.74 Å². The van der Waals surface area contributed by atoms with Gasteiger partial charge < -0.3 is 4.74 Å². The van der Waals surface area contributed by atoms with E-state index in [-0.39, 0.29) is 0 Å². The second-order valence-corrected chi connectivity index (χ2v) is 13.2. The van der Waals surface area contributed by atoms with Crippen molar-refractivity contribution in [2.45, 2.75) is 0 Å². The number of rotatable bonds is 6. The lowest BCUT2D eigenvalue weighted by molar-refractivity contribution is 0.487. The summed E-state index contributed by atoms with van der Waals surface area (Å²) in [6, 6.07) is 65.1. The summed E-state index contributed by atoms with van der Waals surface area (Å²) in [4.78, 5) is 14.9. The molecule has 0 amide bonds. The number of aromatic nitrogens is 3. The molecule has 10 rings (SSSR count). The fourth-order valence-corrected chi connectivity index (χ4v) is 7.29. The normalized spacial score (nSPS) is 11.5. The van der Waals surface area contributed by atoms with Gasteiger partial charge in [0, 0.05) is 27.6 Å². The summed E-state index contributed by atoms with van der Waals surface area (Å²) < 4.78 is 6.61. The van der Waals surface area contributed by atoms with E-state index in [9.17, 15) is 0 Å². The highest BCUT2D eigenvalue weighted by Gasteiger charge is 2.22. The SMILES string of the molecule is c1ccc(-c2ccc(-c3nc(-c4ccccc4)nc(-c4ccc(-c5ccc6c(c5)Oc5ccc(-c7ccccc7)c7cccc-6c57)cc4)n3)cc2)cc1. The van der Waals surface area contributed by atoms with E-state index in [0.717, 1.165) is 55.8 Å². The molecule has 0 N–H and O–H groups in total. The Hall–Kier alpha value is -7.17. The zero-order valence-electron chi connectivity index (χ0n) is 28.6. The average molecular weight is 678 g/mol. The maximum atomic E-state index is 6.61. The Morgan fingerprint density at radius 2 is 0.736 bits per heavy atom. The van der Waals surface area contributed by atoms with Crippen molar-refractivity contribution in [3.05, 3.63) is 188 Å². The zero-order valence-corrected chi connectivity index (χ0v) is 28.6. The first-order valence-electron chi connectivity index (χ1n) is 17.8. The molecule has 0 saturated carbocycles. The Bertz CT molecular complexity index is 2760. The van der Waals surface area contributed by atoms with Crippen LogP contribution in [0.5, 0.6) is 11.5 Å². The van der Waals surface area contributed by atoms with E-state index in [1.54, 1.807) is 0 Å². The Balaban J connectivity index is 0.988. The number of hydrogen-bond acceptors (Lipinski definition) is 4. The first-order valence-corrected chi connectivity index (χ1v) is 17.8. The average Bonchev–Trinajstić information content (AvgIpc) is 3.24. The zero-order chi connectivity index (χ0) is 35.1. The van der Waals surface area contributed by atoms with E-state index < -0.39 is 0 Å². The molecule has 1 aliphatic heterocycles.